The van der Waals surface area contributed by atoms with Crippen LogP contribution in [0.25, 0.3) is 33.7 Å². The first-order valence-electron chi connectivity index (χ1n) is 16.6. The summed E-state index contributed by atoms with van der Waals surface area (Å²) in [7, 11) is 0. The molecule has 5 nitrogen and oxygen atoms in total. The molecule has 0 fully saturated rings. The maximum atomic E-state index is 8.22. The quantitative estimate of drug-likeness (QED) is 0.172. The number of aromatic nitrogens is 4. The van der Waals surface area contributed by atoms with Crippen molar-refractivity contribution >= 4 is 11.3 Å². The molecule has 5 aromatic rings. The summed E-state index contributed by atoms with van der Waals surface area (Å²) in [6.07, 6.45) is 4.06. The average Bonchev–Trinajstić information content (AvgIpc) is 3.59. The van der Waals surface area contributed by atoms with Crippen molar-refractivity contribution < 1.29 is 27.0 Å². The van der Waals surface area contributed by atoms with Crippen molar-refractivity contribution in [3.05, 3.63) is 132 Å². The van der Waals surface area contributed by atoms with Crippen LogP contribution in [0.2, 0.25) is 0 Å². The standard InChI is InChI=1S/C21H21N4.C16H19N.Ir/c1-15-22-18-20(25(15)21(2,3)4)24(17-13-9-6-10-14-17)19(23-18)16-11-7-5-8-12-16;1-16(2,3)11-13-9-10-15(17-12-13)14-7-5-4-6-8-14;/h5-11,13-14H,1-4H3;4-7,9-10,12,15H,11H2,1-3H3;/q-1;-2;+3/i1D3;11D2;. The Morgan fingerprint density at radius 1 is 0.907 bits per heavy atom. The van der Waals surface area contributed by atoms with E-state index in [-0.39, 0.29) is 32.0 Å². The molecule has 0 saturated carbocycles. The maximum absolute atomic E-state index is 8.22. The van der Waals surface area contributed by atoms with Gasteiger partial charge in [0, 0.05) is 18.1 Å². The number of nitrogens with zero attached hydrogens (tertiary/aromatic N) is 5. The second kappa shape index (κ2) is 13.3. The number of rotatable bonds is 4. The molecule has 6 rings (SSSR count). The van der Waals surface area contributed by atoms with Crippen LogP contribution in [0.5, 0.6) is 0 Å². The molecule has 222 valence electrons. The van der Waals surface area contributed by atoms with E-state index in [1.807, 2.05) is 137 Å². The zero-order valence-electron chi connectivity index (χ0n) is 30.4. The number of allylic oxidation sites excluding steroid dienone is 2. The Morgan fingerprint density at radius 2 is 1.60 bits per heavy atom. The summed E-state index contributed by atoms with van der Waals surface area (Å²) in [4.78, 5) is 9.15. The SMILES string of the molecule is [2H]C([2H])(C1=C[N-]C(c2[c-]cccc2)C=C1)C(C)(C)C.[2H]C([2H])([2H])c1nc2nc(-c3[c-]cccc3)n(-c3ccccc3)c2n1C(C)(C)C.[Ir+3]. The monoisotopic (exact) mass is 752 g/mol. The second-order valence-electron chi connectivity index (χ2n) is 12.2. The van der Waals surface area contributed by atoms with Crippen LogP contribution in [0.1, 0.15) is 72.2 Å². The summed E-state index contributed by atoms with van der Waals surface area (Å²) in [5.41, 5.74) is 3.47. The number of fused-ring (bicyclic) bond motifs is 1. The van der Waals surface area contributed by atoms with E-state index in [2.05, 4.69) is 22.4 Å². The Morgan fingerprint density at radius 3 is 2.16 bits per heavy atom. The van der Waals surface area contributed by atoms with Crippen molar-refractivity contribution in [2.45, 2.75) is 66.3 Å². The van der Waals surface area contributed by atoms with Crippen molar-refractivity contribution in [2.75, 3.05) is 0 Å². The normalized spacial score (nSPS) is 17.1. The number of hydrogen-bond acceptors (Lipinski definition) is 2. The summed E-state index contributed by atoms with van der Waals surface area (Å²) in [5.74, 6) is 0.727. The Labute approximate surface area is 277 Å². The first-order valence-corrected chi connectivity index (χ1v) is 14.1. The summed E-state index contributed by atoms with van der Waals surface area (Å²) in [5, 5.41) is 4.44. The molecule has 0 bridgehead atoms. The van der Waals surface area contributed by atoms with Crippen LogP contribution in [-0.2, 0) is 25.6 Å². The molecule has 0 N–H and O–H groups in total. The first kappa shape index (κ1) is 25.7. The molecule has 43 heavy (non-hydrogen) atoms. The predicted molar refractivity (Wildman–Crippen MR) is 174 cm³/mol. The molecule has 0 amide bonds. The van der Waals surface area contributed by atoms with Crippen molar-refractivity contribution in [1.29, 1.82) is 0 Å². The Bertz CT molecular complexity index is 1880. The van der Waals surface area contributed by atoms with Gasteiger partial charge in [-0.15, -0.1) is 35.9 Å². The van der Waals surface area contributed by atoms with Crippen molar-refractivity contribution in [3.63, 3.8) is 0 Å². The van der Waals surface area contributed by atoms with Gasteiger partial charge in [-0.25, -0.2) is 4.98 Å². The Kier molecular flexibility index (Phi) is 7.95. The van der Waals surface area contributed by atoms with Gasteiger partial charge in [-0.1, -0.05) is 62.7 Å². The topological polar surface area (TPSA) is 49.7 Å². The third kappa shape index (κ3) is 7.62. The van der Waals surface area contributed by atoms with Crippen LogP contribution in [0.4, 0.5) is 0 Å². The molecule has 1 aliphatic rings. The fourth-order valence-electron chi connectivity index (χ4n) is 4.83. The molecule has 2 aromatic heterocycles. The first-order chi connectivity index (χ1) is 22.0. The number of aryl methyl sites for hydroxylation is 1. The van der Waals surface area contributed by atoms with E-state index in [9.17, 15) is 0 Å². The number of hydrogen-bond donors (Lipinski definition) is 0. The molecule has 3 aromatic carbocycles. The molecule has 0 radical (unpaired) electrons. The molecular weight excluding hydrogens is 707 g/mol. The molecule has 0 spiro atoms. The minimum atomic E-state index is -2.34. The summed E-state index contributed by atoms with van der Waals surface area (Å²) >= 11 is 0. The maximum Gasteiger partial charge on any atom is 3.00 e. The molecule has 1 atom stereocenters. The van der Waals surface area contributed by atoms with E-state index >= 15 is 0 Å². The van der Waals surface area contributed by atoms with Crippen LogP contribution < -0.4 is 0 Å². The molecular formula is C37H40IrN5. The van der Waals surface area contributed by atoms with Gasteiger partial charge in [0.15, 0.2) is 11.3 Å². The van der Waals surface area contributed by atoms with Crippen LogP contribution in [0, 0.1) is 24.4 Å². The molecule has 6 heteroatoms. The number of benzene rings is 3. The van der Waals surface area contributed by atoms with Crippen molar-refractivity contribution in [3.8, 4) is 17.1 Å². The van der Waals surface area contributed by atoms with Gasteiger partial charge in [0.05, 0.1) is 5.82 Å². The second-order valence-corrected chi connectivity index (χ2v) is 12.2. The van der Waals surface area contributed by atoms with E-state index in [0.29, 0.717) is 22.7 Å². The third-order valence-electron chi connectivity index (χ3n) is 6.51. The molecule has 1 unspecified atom stereocenters. The summed E-state index contributed by atoms with van der Waals surface area (Å²) < 4.78 is 44.1. The molecule has 3 heterocycles. The fourth-order valence-corrected chi connectivity index (χ4v) is 4.83. The van der Waals surface area contributed by atoms with Gasteiger partial charge in [-0.2, -0.15) is 42.1 Å². The van der Waals surface area contributed by atoms with Crippen molar-refractivity contribution in [2.24, 2.45) is 5.41 Å². The average molecular weight is 752 g/mol. The molecule has 0 aliphatic carbocycles. The fraction of sp³-hybridized carbons (Fsp3) is 0.297. The van der Waals surface area contributed by atoms with Crippen LogP contribution >= 0.6 is 0 Å². The minimum absolute atomic E-state index is 0. The zero-order chi connectivity index (χ0) is 34.2. The largest absolute Gasteiger partial charge is 3.00 e. The molecule has 1 aliphatic heterocycles. The molecule has 0 saturated heterocycles. The summed E-state index contributed by atoms with van der Waals surface area (Å²) in [6.45, 7) is 9.28. The van der Waals surface area contributed by atoms with Gasteiger partial charge in [0.1, 0.15) is 5.82 Å². The zero-order valence-corrected chi connectivity index (χ0v) is 27.8. The van der Waals surface area contributed by atoms with E-state index in [4.69, 9.17) is 11.8 Å². The van der Waals surface area contributed by atoms with Gasteiger partial charge in [0.25, 0.3) is 0 Å². The van der Waals surface area contributed by atoms with Gasteiger partial charge < -0.3 is 14.5 Å². The third-order valence-corrected chi connectivity index (χ3v) is 6.51. The van der Waals surface area contributed by atoms with Gasteiger partial charge in [0.2, 0.25) is 0 Å². The van der Waals surface area contributed by atoms with E-state index < -0.39 is 24.2 Å². The Hall–Kier alpha value is -3.73. The minimum Gasteiger partial charge on any atom is -0.683 e. The van der Waals surface area contributed by atoms with Gasteiger partial charge >= 0.3 is 20.1 Å². The predicted octanol–water partition coefficient (Wildman–Crippen LogP) is 9.54. The summed E-state index contributed by atoms with van der Waals surface area (Å²) in [6, 6.07) is 31.4. The number of para-hydroxylation sites is 1. The van der Waals surface area contributed by atoms with Crippen molar-refractivity contribution in [1.82, 2.24) is 19.1 Å². The van der Waals surface area contributed by atoms with E-state index in [1.54, 1.807) is 10.8 Å². The van der Waals surface area contributed by atoms with Crippen LogP contribution in [-0.4, -0.2) is 19.1 Å². The van der Waals surface area contributed by atoms with Gasteiger partial charge in [-0.3, -0.25) is 4.98 Å². The Balaban J connectivity index is 0.000000228. The smallest absolute Gasteiger partial charge is 0.683 e. The van der Waals surface area contributed by atoms with E-state index in [0.717, 1.165) is 16.8 Å². The van der Waals surface area contributed by atoms with Crippen LogP contribution in [0.3, 0.4) is 0 Å². The number of imidazole rings is 2. The van der Waals surface area contributed by atoms with Gasteiger partial charge in [-0.05, 0) is 51.5 Å². The van der Waals surface area contributed by atoms with Crippen LogP contribution in [0.15, 0.2) is 103 Å². The van der Waals surface area contributed by atoms with E-state index in [1.165, 1.54) is 0 Å².